The molecule has 0 bridgehead atoms. The first-order valence-corrected chi connectivity index (χ1v) is 10.1. The molecule has 1 heterocycles. The number of fused-ring (bicyclic) bond motifs is 1. The molecule has 0 N–H and O–H groups in total. The van der Waals surface area contributed by atoms with Crippen molar-refractivity contribution < 1.29 is 0 Å². The van der Waals surface area contributed by atoms with E-state index in [0.717, 1.165) is 22.8 Å². The Morgan fingerprint density at radius 3 is 2.41 bits per heavy atom. The van der Waals surface area contributed by atoms with Crippen LogP contribution in [-0.4, -0.2) is 18.3 Å². The Kier molecular flexibility index (Phi) is 5.48. The van der Waals surface area contributed by atoms with E-state index in [4.69, 9.17) is 11.6 Å². The maximum absolute atomic E-state index is 6.62. The van der Waals surface area contributed by atoms with Gasteiger partial charge in [0.2, 0.25) is 0 Å². The standard InChI is InChI=1S/C24H29ClN2/c1-7-27-23-13-22(25)19(12-21(23)17(4)14-24(27,5)6)15-26-20-10-8-18(9-11-20)16(2)3/h8-16H,7H2,1-6H3. The fourth-order valence-electron chi connectivity index (χ4n) is 3.88. The van der Waals surface area contributed by atoms with Gasteiger partial charge in [-0.2, -0.15) is 0 Å². The molecule has 0 saturated carbocycles. The van der Waals surface area contributed by atoms with Gasteiger partial charge in [-0.25, -0.2) is 0 Å². The summed E-state index contributed by atoms with van der Waals surface area (Å²) in [6.45, 7) is 14.2. The summed E-state index contributed by atoms with van der Waals surface area (Å²) in [6, 6.07) is 12.6. The van der Waals surface area contributed by atoms with Crippen molar-refractivity contribution in [3.05, 3.63) is 64.2 Å². The van der Waals surface area contributed by atoms with Gasteiger partial charge in [0, 0.05) is 29.6 Å². The highest BCUT2D eigenvalue weighted by molar-refractivity contribution is 6.33. The molecule has 2 aromatic carbocycles. The molecule has 1 aliphatic heterocycles. The van der Waals surface area contributed by atoms with Gasteiger partial charge in [0.15, 0.2) is 0 Å². The summed E-state index contributed by atoms with van der Waals surface area (Å²) in [6.07, 6.45) is 4.20. The van der Waals surface area contributed by atoms with Crippen molar-refractivity contribution >= 4 is 34.8 Å². The summed E-state index contributed by atoms with van der Waals surface area (Å²) in [5.74, 6) is 0.527. The smallest absolute Gasteiger partial charge is 0.0630 e. The Bertz CT molecular complexity index is 889. The molecule has 0 amide bonds. The largest absolute Gasteiger partial charge is 0.363 e. The monoisotopic (exact) mass is 380 g/mol. The lowest BCUT2D eigenvalue weighted by molar-refractivity contribution is 0.566. The molecular weight excluding hydrogens is 352 g/mol. The Balaban J connectivity index is 1.96. The molecule has 3 heteroatoms. The highest BCUT2D eigenvalue weighted by atomic mass is 35.5. The number of allylic oxidation sites excluding steroid dienone is 1. The Morgan fingerprint density at radius 2 is 1.81 bits per heavy atom. The van der Waals surface area contributed by atoms with Gasteiger partial charge < -0.3 is 4.90 Å². The van der Waals surface area contributed by atoms with Crippen molar-refractivity contribution in [2.45, 2.75) is 53.0 Å². The highest BCUT2D eigenvalue weighted by Gasteiger charge is 2.30. The van der Waals surface area contributed by atoms with Gasteiger partial charge >= 0.3 is 0 Å². The number of likely N-dealkylation sites (N-methyl/N-ethyl adjacent to an activating group) is 1. The molecule has 0 spiro atoms. The lowest BCUT2D eigenvalue weighted by Crippen LogP contribution is -2.44. The third kappa shape index (κ3) is 3.96. The zero-order valence-electron chi connectivity index (χ0n) is 17.2. The van der Waals surface area contributed by atoms with E-state index in [0.29, 0.717) is 5.92 Å². The summed E-state index contributed by atoms with van der Waals surface area (Å²) >= 11 is 6.62. The van der Waals surface area contributed by atoms with Crippen molar-refractivity contribution in [2.75, 3.05) is 11.4 Å². The molecule has 2 aromatic rings. The maximum atomic E-state index is 6.62. The first-order valence-electron chi connectivity index (χ1n) is 9.68. The van der Waals surface area contributed by atoms with Crippen LogP contribution in [0.3, 0.4) is 0 Å². The van der Waals surface area contributed by atoms with Gasteiger partial charge in [0.25, 0.3) is 0 Å². The minimum absolute atomic E-state index is 0.0110. The Morgan fingerprint density at radius 1 is 1.15 bits per heavy atom. The molecular formula is C24H29ClN2. The number of nitrogens with zero attached hydrogens (tertiary/aromatic N) is 2. The molecule has 0 atom stereocenters. The lowest BCUT2D eigenvalue weighted by atomic mass is 9.88. The number of benzene rings is 2. The zero-order valence-corrected chi connectivity index (χ0v) is 17.9. The van der Waals surface area contributed by atoms with Crippen LogP contribution in [0.4, 0.5) is 11.4 Å². The van der Waals surface area contributed by atoms with Crippen LogP contribution in [0, 0.1) is 0 Å². The van der Waals surface area contributed by atoms with Crippen molar-refractivity contribution in [2.24, 2.45) is 4.99 Å². The van der Waals surface area contributed by atoms with E-state index < -0.39 is 0 Å². The van der Waals surface area contributed by atoms with Crippen LogP contribution >= 0.6 is 11.6 Å². The molecule has 142 valence electrons. The van der Waals surface area contributed by atoms with E-state index in [1.54, 1.807) is 0 Å². The van der Waals surface area contributed by atoms with Gasteiger partial charge in [-0.05, 0) is 69.0 Å². The van der Waals surface area contributed by atoms with E-state index >= 15 is 0 Å². The van der Waals surface area contributed by atoms with Crippen molar-refractivity contribution in [3.63, 3.8) is 0 Å². The molecule has 0 aliphatic carbocycles. The van der Waals surface area contributed by atoms with E-state index in [2.05, 4.69) is 93.9 Å². The second-order valence-electron chi connectivity index (χ2n) is 8.12. The van der Waals surface area contributed by atoms with Crippen LogP contribution < -0.4 is 4.90 Å². The Labute approximate surface area is 168 Å². The van der Waals surface area contributed by atoms with Crippen molar-refractivity contribution in [1.29, 1.82) is 0 Å². The van der Waals surface area contributed by atoms with Gasteiger partial charge in [-0.3, -0.25) is 4.99 Å². The maximum Gasteiger partial charge on any atom is 0.0630 e. The number of aliphatic imine (C=N–C) groups is 1. The molecule has 0 aromatic heterocycles. The summed E-state index contributed by atoms with van der Waals surface area (Å²) < 4.78 is 0. The summed E-state index contributed by atoms with van der Waals surface area (Å²) in [4.78, 5) is 7.03. The predicted octanol–water partition coefficient (Wildman–Crippen LogP) is 7.24. The second kappa shape index (κ2) is 7.52. The fraction of sp³-hybridized carbons (Fsp3) is 0.375. The van der Waals surface area contributed by atoms with Crippen molar-refractivity contribution in [3.8, 4) is 0 Å². The summed E-state index contributed by atoms with van der Waals surface area (Å²) in [5, 5.41) is 0.736. The van der Waals surface area contributed by atoms with E-state index in [9.17, 15) is 0 Å². The van der Waals surface area contributed by atoms with E-state index in [1.165, 1.54) is 22.4 Å². The molecule has 0 fully saturated rings. The van der Waals surface area contributed by atoms with Gasteiger partial charge in [0.1, 0.15) is 0 Å². The van der Waals surface area contributed by atoms with Crippen LogP contribution in [0.15, 0.2) is 47.5 Å². The first-order chi connectivity index (χ1) is 12.7. The summed E-state index contributed by atoms with van der Waals surface area (Å²) in [7, 11) is 0. The lowest BCUT2D eigenvalue weighted by Gasteiger charge is -2.43. The zero-order chi connectivity index (χ0) is 19.8. The Hall–Kier alpha value is -2.06. The van der Waals surface area contributed by atoms with Crippen LogP contribution in [-0.2, 0) is 0 Å². The van der Waals surface area contributed by atoms with E-state index in [-0.39, 0.29) is 5.54 Å². The number of rotatable bonds is 4. The normalized spacial score (nSPS) is 16.0. The molecule has 1 aliphatic rings. The first kappa shape index (κ1) is 19.7. The minimum Gasteiger partial charge on any atom is -0.363 e. The third-order valence-corrected chi connectivity index (χ3v) is 5.65. The quantitative estimate of drug-likeness (QED) is 0.510. The van der Waals surface area contributed by atoms with Crippen molar-refractivity contribution in [1.82, 2.24) is 0 Å². The molecule has 0 unspecified atom stereocenters. The third-order valence-electron chi connectivity index (χ3n) is 5.32. The molecule has 0 radical (unpaired) electrons. The number of hydrogen-bond donors (Lipinski definition) is 0. The van der Waals surface area contributed by atoms with Crippen LogP contribution in [0.1, 0.15) is 64.2 Å². The van der Waals surface area contributed by atoms with Gasteiger partial charge in [-0.1, -0.05) is 43.7 Å². The average Bonchev–Trinajstić information content (AvgIpc) is 2.60. The minimum atomic E-state index is -0.0110. The summed E-state index contributed by atoms with van der Waals surface area (Å²) in [5.41, 5.74) is 6.92. The van der Waals surface area contributed by atoms with Crippen LogP contribution in [0.25, 0.3) is 5.57 Å². The molecule has 2 nitrogen and oxygen atoms in total. The molecule has 27 heavy (non-hydrogen) atoms. The number of halogens is 1. The van der Waals surface area contributed by atoms with Gasteiger partial charge in [-0.15, -0.1) is 0 Å². The van der Waals surface area contributed by atoms with E-state index in [1.807, 2.05) is 6.21 Å². The predicted molar refractivity (Wildman–Crippen MR) is 120 cm³/mol. The highest BCUT2D eigenvalue weighted by Crippen LogP contribution is 2.41. The van der Waals surface area contributed by atoms with Crippen LogP contribution in [0.2, 0.25) is 5.02 Å². The number of anilines is 1. The average molecular weight is 381 g/mol. The second-order valence-corrected chi connectivity index (χ2v) is 8.53. The SMILES string of the molecule is CCN1c2cc(Cl)c(C=Nc3ccc(C(C)C)cc3)cc2C(C)=CC1(C)C. The molecule has 0 saturated heterocycles. The topological polar surface area (TPSA) is 15.6 Å². The van der Waals surface area contributed by atoms with Gasteiger partial charge in [0.05, 0.1) is 16.2 Å². The molecule has 3 rings (SSSR count). The number of hydrogen-bond acceptors (Lipinski definition) is 2. The fourth-order valence-corrected chi connectivity index (χ4v) is 4.09. The van der Waals surface area contributed by atoms with Crippen LogP contribution in [0.5, 0.6) is 0 Å².